The number of thioether (sulfide) groups is 1. The van der Waals surface area contributed by atoms with Gasteiger partial charge in [0.15, 0.2) is 0 Å². The molecule has 0 aromatic heterocycles. The van der Waals surface area contributed by atoms with E-state index in [1.807, 2.05) is 19.3 Å². The summed E-state index contributed by atoms with van der Waals surface area (Å²) in [5.74, 6) is 0. The Kier molecular flexibility index (Phi) is 2.68. The van der Waals surface area contributed by atoms with Gasteiger partial charge >= 0.3 is 0 Å². The molecule has 0 amide bonds. The molecule has 0 bridgehead atoms. The average Bonchev–Trinajstić information content (AvgIpc) is 2.14. The van der Waals surface area contributed by atoms with Gasteiger partial charge < -0.3 is 0 Å². The van der Waals surface area contributed by atoms with E-state index in [9.17, 15) is 0 Å². The molecule has 2 nitrogen and oxygen atoms in total. The van der Waals surface area contributed by atoms with Crippen LogP contribution in [0.25, 0.3) is 0 Å². The Balaban J connectivity index is 2.74. The highest BCUT2D eigenvalue weighted by Gasteiger charge is 1.96. The molecule has 0 fully saturated rings. The number of nitrogens with zero attached hydrogens (tertiary/aromatic N) is 2. The molecule has 0 radical (unpaired) electrons. The van der Waals surface area contributed by atoms with Gasteiger partial charge in [-0.2, -0.15) is 5.10 Å². The quantitative estimate of drug-likeness (QED) is 0.524. The maximum Gasteiger partial charge on any atom is 0.0993 e. The van der Waals surface area contributed by atoms with E-state index < -0.39 is 0 Å². The van der Waals surface area contributed by atoms with Crippen molar-refractivity contribution in [2.75, 3.05) is 6.26 Å². The van der Waals surface area contributed by atoms with Gasteiger partial charge in [-0.3, -0.25) is 0 Å². The molecule has 0 saturated heterocycles. The number of hydrogen-bond donors (Lipinski definition) is 0. The molecular formula is C7H10N2S. The summed E-state index contributed by atoms with van der Waals surface area (Å²) in [7, 11) is 0. The van der Waals surface area contributed by atoms with Gasteiger partial charge in [0.25, 0.3) is 0 Å². The standard InChI is InChI=1S/C7H10N2S/c1-6-4-3-5-7(10-2)9-8-6/h3-4H,5H2,1-2H3. The van der Waals surface area contributed by atoms with Crippen molar-refractivity contribution in [1.29, 1.82) is 0 Å². The first-order valence-electron chi connectivity index (χ1n) is 3.14. The Bertz CT molecular complexity index is 204. The second kappa shape index (κ2) is 3.56. The van der Waals surface area contributed by atoms with Crippen LogP contribution in [0.5, 0.6) is 0 Å². The fraction of sp³-hybridized carbons (Fsp3) is 0.429. The zero-order valence-electron chi connectivity index (χ0n) is 6.16. The van der Waals surface area contributed by atoms with E-state index in [2.05, 4.69) is 16.3 Å². The molecule has 0 atom stereocenters. The summed E-state index contributed by atoms with van der Waals surface area (Å²) in [5.41, 5.74) is 0.976. The minimum Gasteiger partial charge on any atom is -0.155 e. The fourth-order valence-corrected chi connectivity index (χ4v) is 1.05. The van der Waals surface area contributed by atoms with Crippen LogP contribution in [0.4, 0.5) is 0 Å². The van der Waals surface area contributed by atoms with Crippen LogP contribution in [-0.4, -0.2) is 17.0 Å². The van der Waals surface area contributed by atoms with Crippen LogP contribution in [0.15, 0.2) is 22.4 Å². The highest BCUT2D eigenvalue weighted by atomic mass is 32.2. The minimum absolute atomic E-state index is 0.919. The zero-order valence-corrected chi connectivity index (χ0v) is 6.98. The molecule has 54 valence electrons. The SMILES string of the molecule is CSC1=NN=C(C)C=CC1. The lowest BCUT2D eigenvalue weighted by atomic mass is 10.3. The van der Waals surface area contributed by atoms with Crippen molar-refractivity contribution in [1.82, 2.24) is 0 Å². The van der Waals surface area contributed by atoms with Gasteiger partial charge in [0.1, 0.15) is 0 Å². The predicted octanol–water partition coefficient (Wildman–Crippen LogP) is 2.08. The van der Waals surface area contributed by atoms with Crippen molar-refractivity contribution < 1.29 is 0 Å². The van der Waals surface area contributed by atoms with Crippen LogP contribution in [0.2, 0.25) is 0 Å². The minimum atomic E-state index is 0.919. The Hall–Kier alpha value is -0.570. The summed E-state index contributed by atoms with van der Waals surface area (Å²) < 4.78 is 0. The van der Waals surface area contributed by atoms with Gasteiger partial charge in [-0.25, -0.2) is 0 Å². The van der Waals surface area contributed by atoms with Crippen molar-refractivity contribution in [2.45, 2.75) is 13.3 Å². The lowest BCUT2D eigenvalue weighted by Gasteiger charge is -1.90. The Morgan fingerprint density at radius 2 is 2.30 bits per heavy atom. The third kappa shape index (κ3) is 1.99. The molecule has 0 aromatic carbocycles. The first kappa shape index (κ1) is 7.54. The predicted molar refractivity (Wildman–Crippen MR) is 47.8 cm³/mol. The molecule has 1 rings (SSSR count). The lowest BCUT2D eigenvalue weighted by Crippen LogP contribution is -1.84. The number of rotatable bonds is 0. The van der Waals surface area contributed by atoms with E-state index in [0.717, 1.165) is 17.2 Å². The summed E-state index contributed by atoms with van der Waals surface area (Å²) >= 11 is 1.65. The Labute approximate surface area is 65.1 Å². The van der Waals surface area contributed by atoms with Crippen molar-refractivity contribution in [3.8, 4) is 0 Å². The Morgan fingerprint density at radius 3 is 3.00 bits per heavy atom. The van der Waals surface area contributed by atoms with E-state index in [4.69, 9.17) is 0 Å². The normalized spacial score (nSPS) is 17.8. The van der Waals surface area contributed by atoms with Crippen LogP contribution in [-0.2, 0) is 0 Å². The summed E-state index contributed by atoms with van der Waals surface area (Å²) in [6, 6.07) is 0. The van der Waals surface area contributed by atoms with E-state index in [1.54, 1.807) is 11.8 Å². The first-order chi connectivity index (χ1) is 4.83. The van der Waals surface area contributed by atoms with E-state index in [0.29, 0.717) is 0 Å². The van der Waals surface area contributed by atoms with Gasteiger partial charge in [-0.15, -0.1) is 16.9 Å². The highest BCUT2D eigenvalue weighted by molar-refractivity contribution is 8.13. The molecule has 3 heteroatoms. The summed E-state index contributed by atoms with van der Waals surface area (Å²) in [6.07, 6.45) is 7.01. The van der Waals surface area contributed by atoms with Gasteiger partial charge in [0, 0.05) is 6.42 Å². The van der Waals surface area contributed by atoms with Gasteiger partial charge in [-0.1, -0.05) is 6.08 Å². The molecule has 0 N–H and O–H groups in total. The Morgan fingerprint density at radius 1 is 1.50 bits per heavy atom. The van der Waals surface area contributed by atoms with Crippen molar-refractivity contribution in [2.24, 2.45) is 10.2 Å². The van der Waals surface area contributed by atoms with Crippen molar-refractivity contribution in [3.05, 3.63) is 12.2 Å². The molecule has 0 saturated carbocycles. The summed E-state index contributed by atoms with van der Waals surface area (Å²) in [5, 5.41) is 9.08. The maximum atomic E-state index is 4.03. The number of hydrogen-bond acceptors (Lipinski definition) is 3. The van der Waals surface area contributed by atoms with Crippen LogP contribution < -0.4 is 0 Å². The molecule has 0 aromatic rings. The number of allylic oxidation sites excluding steroid dienone is 2. The van der Waals surface area contributed by atoms with Crippen molar-refractivity contribution in [3.63, 3.8) is 0 Å². The monoisotopic (exact) mass is 154 g/mol. The second-order valence-electron chi connectivity index (χ2n) is 2.05. The largest absolute Gasteiger partial charge is 0.155 e. The molecule has 0 aliphatic carbocycles. The van der Waals surface area contributed by atoms with Crippen molar-refractivity contribution >= 4 is 22.5 Å². The van der Waals surface area contributed by atoms with Crippen LogP contribution in [0.3, 0.4) is 0 Å². The van der Waals surface area contributed by atoms with Crippen LogP contribution in [0.1, 0.15) is 13.3 Å². The van der Waals surface area contributed by atoms with Gasteiger partial charge in [0.2, 0.25) is 0 Å². The second-order valence-corrected chi connectivity index (χ2v) is 2.93. The van der Waals surface area contributed by atoms with E-state index in [1.165, 1.54) is 0 Å². The first-order valence-corrected chi connectivity index (χ1v) is 4.37. The molecule has 1 aliphatic rings. The third-order valence-corrected chi connectivity index (χ3v) is 1.93. The van der Waals surface area contributed by atoms with Crippen LogP contribution in [0, 0.1) is 0 Å². The lowest BCUT2D eigenvalue weighted by molar-refractivity contribution is 1.24. The average molecular weight is 154 g/mol. The van der Waals surface area contributed by atoms with Crippen LogP contribution >= 0.6 is 11.8 Å². The van der Waals surface area contributed by atoms with Gasteiger partial charge in [0.05, 0.1) is 10.8 Å². The van der Waals surface area contributed by atoms with E-state index in [-0.39, 0.29) is 0 Å². The fourth-order valence-electron chi connectivity index (χ4n) is 0.663. The molecular weight excluding hydrogens is 144 g/mol. The zero-order chi connectivity index (χ0) is 7.40. The molecule has 0 spiro atoms. The maximum absolute atomic E-state index is 4.03. The molecule has 1 aliphatic heterocycles. The molecule has 0 unspecified atom stereocenters. The third-order valence-electron chi connectivity index (χ3n) is 1.21. The smallest absolute Gasteiger partial charge is 0.0993 e. The summed E-state index contributed by atoms with van der Waals surface area (Å²) in [6.45, 7) is 1.95. The van der Waals surface area contributed by atoms with E-state index >= 15 is 0 Å². The highest BCUT2D eigenvalue weighted by Crippen LogP contribution is 2.07. The molecule has 10 heavy (non-hydrogen) atoms. The van der Waals surface area contributed by atoms with Gasteiger partial charge in [-0.05, 0) is 19.3 Å². The topological polar surface area (TPSA) is 24.7 Å². The summed E-state index contributed by atoms with van der Waals surface area (Å²) in [4.78, 5) is 0. The molecule has 1 heterocycles.